The van der Waals surface area contributed by atoms with Crippen LogP contribution in [0.5, 0.6) is 0 Å². The normalized spacial score (nSPS) is 13.4. The third kappa shape index (κ3) is 3.58. The van der Waals surface area contributed by atoms with Crippen LogP contribution in [0.4, 0.5) is 26.2 Å². The van der Waals surface area contributed by atoms with Gasteiger partial charge in [-0.3, -0.25) is 4.31 Å². The number of carbonyl (C=O) groups excluding carboxylic acids is 1. The Labute approximate surface area is 145 Å². The molecule has 0 bridgehead atoms. The molecule has 1 aliphatic rings. The van der Waals surface area contributed by atoms with Crippen molar-refractivity contribution in [3.63, 3.8) is 0 Å². The molecule has 0 atom stereocenters. The van der Waals surface area contributed by atoms with E-state index in [4.69, 9.17) is 0 Å². The van der Waals surface area contributed by atoms with E-state index in [0.29, 0.717) is 24.3 Å². The van der Waals surface area contributed by atoms with Crippen molar-refractivity contribution in [3.05, 3.63) is 53.8 Å². The van der Waals surface area contributed by atoms with Crippen molar-refractivity contribution in [3.8, 4) is 0 Å². The van der Waals surface area contributed by atoms with Gasteiger partial charge in [0, 0.05) is 12.2 Å². The fourth-order valence-electron chi connectivity index (χ4n) is 2.72. The number of rotatable bonds is 4. The van der Waals surface area contributed by atoms with E-state index >= 15 is 0 Å². The Morgan fingerprint density at radius 2 is 1.96 bits per heavy atom. The number of hydrogen-bond donors (Lipinski definition) is 2. The fourth-order valence-corrected chi connectivity index (χ4v) is 3.87. The van der Waals surface area contributed by atoms with Crippen LogP contribution >= 0.6 is 0 Å². The van der Waals surface area contributed by atoms with Crippen LogP contribution in [-0.4, -0.2) is 26.7 Å². The van der Waals surface area contributed by atoms with Crippen LogP contribution in [0.15, 0.2) is 42.5 Å². The fraction of sp³-hybridized carbons (Fsp3) is 0.235. The second-order valence-electron chi connectivity index (χ2n) is 5.63. The Bertz CT molecular complexity index is 915. The van der Waals surface area contributed by atoms with E-state index in [-0.39, 0.29) is 11.4 Å². The predicted octanol–water partition coefficient (Wildman–Crippen LogP) is 3.18. The number of urea groups is 1. The van der Waals surface area contributed by atoms with Crippen molar-refractivity contribution >= 4 is 33.1 Å². The summed E-state index contributed by atoms with van der Waals surface area (Å²) in [4.78, 5) is 12.0. The van der Waals surface area contributed by atoms with Gasteiger partial charge in [-0.2, -0.15) is 0 Å². The third-order valence-electron chi connectivity index (χ3n) is 4.02. The minimum atomic E-state index is -3.36. The Balaban J connectivity index is 1.78. The van der Waals surface area contributed by atoms with E-state index in [1.54, 1.807) is 31.2 Å². The quantitative estimate of drug-likeness (QED) is 0.876. The highest BCUT2D eigenvalue weighted by molar-refractivity contribution is 7.92. The first-order valence-electron chi connectivity index (χ1n) is 7.86. The monoisotopic (exact) mass is 363 g/mol. The highest BCUT2D eigenvalue weighted by atomic mass is 32.2. The molecule has 0 aromatic heterocycles. The molecular formula is C17H18FN3O3S. The zero-order valence-electron chi connectivity index (χ0n) is 13.6. The number of fused-ring (bicyclic) bond motifs is 1. The lowest BCUT2D eigenvalue weighted by Gasteiger charge is -2.19. The van der Waals surface area contributed by atoms with E-state index < -0.39 is 21.9 Å². The minimum absolute atomic E-state index is 0.0118. The molecule has 132 valence electrons. The van der Waals surface area contributed by atoms with Gasteiger partial charge in [-0.05, 0) is 43.2 Å². The summed E-state index contributed by atoms with van der Waals surface area (Å²) in [5.41, 5.74) is 1.99. The molecule has 0 saturated carbocycles. The molecular weight excluding hydrogens is 345 g/mol. The predicted molar refractivity (Wildman–Crippen MR) is 96.0 cm³/mol. The van der Waals surface area contributed by atoms with Crippen LogP contribution in [0.1, 0.15) is 12.5 Å². The summed E-state index contributed by atoms with van der Waals surface area (Å²) in [6.07, 6.45) is 0.635. The molecule has 0 spiro atoms. The molecule has 25 heavy (non-hydrogen) atoms. The molecule has 6 nitrogen and oxygen atoms in total. The summed E-state index contributed by atoms with van der Waals surface area (Å²) in [5, 5.41) is 5.02. The highest BCUT2D eigenvalue weighted by Gasteiger charge is 2.28. The highest BCUT2D eigenvalue weighted by Crippen LogP contribution is 2.33. The van der Waals surface area contributed by atoms with Crippen LogP contribution in [-0.2, 0) is 16.4 Å². The number of nitrogens with one attached hydrogen (secondary N) is 2. The van der Waals surface area contributed by atoms with E-state index in [0.717, 1.165) is 5.56 Å². The van der Waals surface area contributed by atoms with Crippen molar-refractivity contribution < 1.29 is 17.6 Å². The molecule has 0 aliphatic carbocycles. The molecule has 0 fully saturated rings. The average molecular weight is 363 g/mol. The second kappa shape index (κ2) is 6.72. The zero-order chi connectivity index (χ0) is 18.0. The number of benzene rings is 2. The maximum atomic E-state index is 13.6. The van der Waals surface area contributed by atoms with Crippen molar-refractivity contribution in [2.75, 3.05) is 27.2 Å². The van der Waals surface area contributed by atoms with Gasteiger partial charge in [0.05, 0.1) is 17.1 Å². The SMILES string of the molecule is CCS(=O)(=O)N1CCc2ccc(NC(=O)Nc3ccccc3F)cc21. The number of hydrogen-bond acceptors (Lipinski definition) is 3. The molecule has 8 heteroatoms. The molecule has 2 amide bonds. The van der Waals surface area contributed by atoms with Gasteiger partial charge in [-0.25, -0.2) is 17.6 Å². The summed E-state index contributed by atoms with van der Waals surface area (Å²) in [7, 11) is -3.36. The summed E-state index contributed by atoms with van der Waals surface area (Å²) in [6, 6.07) is 10.3. The van der Waals surface area contributed by atoms with Gasteiger partial charge < -0.3 is 10.6 Å². The minimum Gasteiger partial charge on any atom is -0.308 e. The Hall–Kier alpha value is -2.61. The van der Waals surface area contributed by atoms with E-state index in [1.165, 1.54) is 22.5 Å². The molecule has 0 radical (unpaired) electrons. The Kier molecular flexibility index (Phi) is 4.63. The summed E-state index contributed by atoms with van der Waals surface area (Å²) in [5.74, 6) is -0.524. The lowest BCUT2D eigenvalue weighted by Crippen LogP contribution is -2.30. The van der Waals surface area contributed by atoms with Gasteiger partial charge in [-0.15, -0.1) is 0 Å². The number of sulfonamides is 1. The Morgan fingerprint density at radius 3 is 2.68 bits per heavy atom. The molecule has 1 heterocycles. The summed E-state index contributed by atoms with van der Waals surface area (Å²) >= 11 is 0. The smallest absolute Gasteiger partial charge is 0.308 e. The van der Waals surface area contributed by atoms with Gasteiger partial charge in [0.1, 0.15) is 5.82 Å². The number of carbonyl (C=O) groups is 1. The van der Waals surface area contributed by atoms with Crippen molar-refractivity contribution in [2.45, 2.75) is 13.3 Å². The molecule has 2 aromatic rings. The van der Waals surface area contributed by atoms with Crippen LogP contribution in [0.3, 0.4) is 0 Å². The lowest BCUT2D eigenvalue weighted by atomic mass is 10.1. The van der Waals surface area contributed by atoms with Gasteiger partial charge in [0.25, 0.3) is 0 Å². The van der Waals surface area contributed by atoms with Crippen LogP contribution < -0.4 is 14.9 Å². The molecule has 1 aliphatic heterocycles. The average Bonchev–Trinajstić information content (AvgIpc) is 3.01. The van der Waals surface area contributed by atoms with Crippen molar-refractivity contribution in [2.24, 2.45) is 0 Å². The number of para-hydroxylation sites is 1. The van der Waals surface area contributed by atoms with Gasteiger partial charge >= 0.3 is 6.03 Å². The first kappa shape index (κ1) is 17.2. The maximum absolute atomic E-state index is 13.6. The first-order chi connectivity index (χ1) is 11.9. The second-order valence-corrected chi connectivity index (χ2v) is 7.81. The summed E-state index contributed by atoms with van der Waals surface area (Å²) in [6.45, 7) is 1.99. The molecule has 0 unspecified atom stereocenters. The Morgan fingerprint density at radius 1 is 1.20 bits per heavy atom. The summed E-state index contributed by atoms with van der Waals surface area (Å²) < 4.78 is 39.3. The van der Waals surface area contributed by atoms with Gasteiger partial charge in [0.2, 0.25) is 10.0 Å². The topological polar surface area (TPSA) is 78.5 Å². The molecule has 2 N–H and O–H groups in total. The van der Waals surface area contributed by atoms with Crippen molar-refractivity contribution in [1.82, 2.24) is 0 Å². The standard InChI is InChI=1S/C17H18FN3O3S/c1-2-25(23,24)21-10-9-12-7-8-13(11-16(12)21)19-17(22)20-15-6-4-3-5-14(15)18/h3-8,11H,2,9-10H2,1H3,(H2,19,20,22). The largest absolute Gasteiger partial charge is 0.323 e. The number of halogens is 1. The lowest BCUT2D eigenvalue weighted by molar-refractivity contribution is 0.262. The van der Waals surface area contributed by atoms with Crippen LogP contribution in [0.25, 0.3) is 0 Å². The molecule has 3 rings (SSSR count). The molecule has 2 aromatic carbocycles. The number of anilines is 3. The van der Waals surface area contributed by atoms with E-state index in [9.17, 15) is 17.6 Å². The van der Waals surface area contributed by atoms with Gasteiger partial charge in [-0.1, -0.05) is 18.2 Å². The van der Waals surface area contributed by atoms with E-state index in [1.807, 2.05) is 0 Å². The third-order valence-corrected chi connectivity index (χ3v) is 5.80. The van der Waals surface area contributed by atoms with Crippen molar-refractivity contribution in [1.29, 1.82) is 0 Å². The van der Waals surface area contributed by atoms with Crippen LogP contribution in [0.2, 0.25) is 0 Å². The number of nitrogens with zero attached hydrogens (tertiary/aromatic N) is 1. The van der Waals surface area contributed by atoms with E-state index in [2.05, 4.69) is 10.6 Å². The maximum Gasteiger partial charge on any atom is 0.323 e. The zero-order valence-corrected chi connectivity index (χ0v) is 14.4. The van der Waals surface area contributed by atoms with Crippen LogP contribution in [0, 0.1) is 5.82 Å². The number of amides is 2. The van der Waals surface area contributed by atoms with Gasteiger partial charge in [0.15, 0.2) is 0 Å². The molecule has 0 saturated heterocycles. The first-order valence-corrected chi connectivity index (χ1v) is 9.47.